The lowest BCUT2D eigenvalue weighted by Gasteiger charge is -2.05. The van der Waals surface area contributed by atoms with E-state index in [1.807, 2.05) is 18.2 Å². The largest absolute Gasteiger partial charge is 0.507 e. The second kappa shape index (κ2) is 5.82. The van der Waals surface area contributed by atoms with E-state index in [0.29, 0.717) is 0 Å². The van der Waals surface area contributed by atoms with Crippen LogP contribution in [0.4, 0.5) is 0 Å². The molecule has 4 heteroatoms. The van der Waals surface area contributed by atoms with Crippen molar-refractivity contribution in [2.75, 3.05) is 0 Å². The molecule has 2 aromatic rings. The maximum Gasteiger partial charge on any atom is 0.380 e. The van der Waals surface area contributed by atoms with Crippen LogP contribution in [0.5, 0.6) is 5.75 Å². The second-order valence-electron chi connectivity index (χ2n) is 3.91. The van der Waals surface area contributed by atoms with Gasteiger partial charge in [0, 0.05) is 0 Å². The summed E-state index contributed by atoms with van der Waals surface area (Å²) in [6.07, 6.45) is 0. The van der Waals surface area contributed by atoms with Crippen LogP contribution in [0, 0.1) is 0 Å². The van der Waals surface area contributed by atoms with Crippen LogP contribution in [0.25, 0.3) is 0 Å². The standard InChI is InChI=1S/C15H12O4/c16-13-9-5-4-8-12(13)14(17)15(18)19-10-11-6-2-1-3-7-11/h1-9,16H,10H2. The van der Waals surface area contributed by atoms with Crippen molar-refractivity contribution >= 4 is 11.8 Å². The predicted octanol–water partition coefficient (Wildman–Crippen LogP) is 2.32. The van der Waals surface area contributed by atoms with Gasteiger partial charge in [0.25, 0.3) is 5.78 Å². The van der Waals surface area contributed by atoms with E-state index in [1.165, 1.54) is 12.1 Å². The molecule has 2 rings (SSSR count). The minimum atomic E-state index is -0.981. The van der Waals surface area contributed by atoms with E-state index in [0.717, 1.165) is 5.56 Å². The Morgan fingerprint density at radius 1 is 0.947 bits per heavy atom. The predicted molar refractivity (Wildman–Crippen MR) is 68.7 cm³/mol. The molecule has 0 fully saturated rings. The smallest absolute Gasteiger partial charge is 0.380 e. The van der Waals surface area contributed by atoms with Crippen molar-refractivity contribution in [3.63, 3.8) is 0 Å². The van der Waals surface area contributed by atoms with Crippen molar-refractivity contribution in [1.29, 1.82) is 0 Å². The number of esters is 1. The van der Waals surface area contributed by atoms with Crippen molar-refractivity contribution in [3.05, 3.63) is 65.7 Å². The summed E-state index contributed by atoms with van der Waals surface area (Å²) in [4.78, 5) is 23.3. The summed E-state index contributed by atoms with van der Waals surface area (Å²) in [6.45, 7) is 0.0268. The Labute approximate surface area is 110 Å². The van der Waals surface area contributed by atoms with Crippen LogP contribution in [0.15, 0.2) is 54.6 Å². The van der Waals surface area contributed by atoms with Crippen LogP contribution in [0.2, 0.25) is 0 Å². The van der Waals surface area contributed by atoms with Gasteiger partial charge in [-0.3, -0.25) is 4.79 Å². The molecular formula is C15H12O4. The summed E-state index contributed by atoms with van der Waals surface area (Å²) in [7, 11) is 0. The maximum atomic E-state index is 11.8. The van der Waals surface area contributed by atoms with Crippen LogP contribution in [0.3, 0.4) is 0 Å². The Bertz CT molecular complexity index is 590. The zero-order chi connectivity index (χ0) is 13.7. The Morgan fingerprint density at radius 2 is 1.58 bits per heavy atom. The van der Waals surface area contributed by atoms with Crippen LogP contribution >= 0.6 is 0 Å². The molecule has 19 heavy (non-hydrogen) atoms. The molecule has 0 bridgehead atoms. The SMILES string of the molecule is O=C(OCc1ccccc1)C(=O)c1ccccc1O. The number of Topliss-reactive ketones (excluding diaryl/α,β-unsaturated/α-hetero) is 1. The van der Waals surface area contributed by atoms with Crippen LogP contribution in [-0.2, 0) is 16.1 Å². The Hall–Kier alpha value is -2.62. The lowest BCUT2D eigenvalue weighted by Crippen LogP contribution is -2.17. The first kappa shape index (κ1) is 12.8. The molecule has 0 heterocycles. The number of benzene rings is 2. The summed E-state index contributed by atoms with van der Waals surface area (Å²) >= 11 is 0. The highest BCUT2D eigenvalue weighted by Gasteiger charge is 2.20. The van der Waals surface area contributed by atoms with Gasteiger partial charge in [-0.2, -0.15) is 0 Å². The normalized spacial score (nSPS) is 9.89. The number of phenolic OH excluding ortho intramolecular Hbond substituents is 1. The molecule has 0 atom stereocenters. The fourth-order valence-electron chi connectivity index (χ4n) is 1.56. The Balaban J connectivity index is 2.01. The number of hydrogen-bond donors (Lipinski definition) is 1. The Morgan fingerprint density at radius 3 is 2.26 bits per heavy atom. The summed E-state index contributed by atoms with van der Waals surface area (Å²) in [5.41, 5.74) is 0.737. The molecular weight excluding hydrogens is 244 g/mol. The second-order valence-corrected chi connectivity index (χ2v) is 3.91. The monoisotopic (exact) mass is 256 g/mol. The fourth-order valence-corrected chi connectivity index (χ4v) is 1.56. The van der Waals surface area contributed by atoms with Gasteiger partial charge in [-0.1, -0.05) is 42.5 Å². The molecule has 0 aliphatic heterocycles. The highest BCUT2D eigenvalue weighted by molar-refractivity contribution is 6.41. The molecule has 2 aromatic carbocycles. The van der Waals surface area contributed by atoms with E-state index in [9.17, 15) is 14.7 Å². The van der Waals surface area contributed by atoms with Crippen molar-refractivity contribution in [2.24, 2.45) is 0 Å². The minimum Gasteiger partial charge on any atom is -0.507 e. The highest BCUT2D eigenvalue weighted by atomic mass is 16.5. The molecule has 0 saturated carbocycles. The van der Waals surface area contributed by atoms with Crippen LogP contribution in [-0.4, -0.2) is 16.9 Å². The average Bonchev–Trinajstić information content (AvgIpc) is 2.45. The fraction of sp³-hybridized carbons (Fsp3) is 0.0667. The van der Waals surface area contributed by atoms with Crippen LogP contribution in [0.1, 0.15) is 15.9 Å². The number of rotatable bonds is 4. The molecule has 0 aromatic heterocycles. The lowest BCUT2D eigenvalue weighted by molar-refractivity contribution is -0.139. The summed E-state index contributed by atoms with van der Waals surface area (Å²) in [5, 5.41) is 9.49. The summed E-state index contributed by atoms with van der Waals surface area (Å²) in [6, 6.07) is 14.9. The van der Waals surface area contributed by atoms with Gasteiger partial charge in [0.1, 0.15) is 12.4 Å². The summed E-state index contributed by atoms with van der Waals surface area (Å²) in [5.74, 6) is -2.07. The number of ether oxygens (including phenoxy) is 1. The minimum absolute atomic E-state index is 0.0268. The van der Waals surface area contributed by atoms with Crippen molar-refractivity contribution in [3.8, 4) is 5.75 Å². The van der Waals surface area contributed by atoms with E-state index in [1.54, 1.807) is 24.3 Å². The Kier molecular flexibility index (Phi) is 3.93. The van der Waals surface area contributed by atoms with Gasteiger partial charge in [-0.15, -0.1) is 0 Å². The number of aromatic hydroxyl groups is 1. The first-order valence-corrected chi connectivity index (χ1v) is 5.72. The first-order valence-electron chi connectivity index (χ1n) is 5.72. The number of carbonyl (C=O) groups excluding carboxylic acids is 2. The molecule has 0 radical (unpaired) electrons. The number of hydrogen-bond acceptors (Lipinski definition) is 4. The van der Waals surface area contributed by atoms with Gasteiger partial charge in [-0.25, -0.2) is 4.79 Å². The molecule has 0 spiro atoms. The van der Waals surface area contributed by atoms with Gasteiger partial charge >= 0.3 is 5.97 Å². The lowest BCUT2D eigenvalue weighted by atomic mass is 10.1. The quantitative estimate of drug-likeness (QED) is 0.518. The maximum absolute atomic E-state index is 11.8. The zero-order valence-corrected chi connectivity index (χ0v) is 10.1. The van der Waals surface area contributed by atoms with Crippen molar-refractivity contribution in [2.45, 2.75) is 6.61 Å². The van der Waals surface area contributed by atoms with Crippen molar-refractivity contribution < 1.29 is 19.4 Å². The molecule has 1 N–H and O–H groups in total. The molecule has 0 aliphatic rings. The third kappa shape index (κ3) is 3.19. The number of phenols is 1. The van der Waals surface area contributed by atoms with E-state index >= 15 is 0 Å². The summed E-state index contributed by atoms with van der Waals surface area (Å²) < 4.78 is 4.90. The van der Waals surface area contributed by atoms with Gasteiger partial charge in [0.05, 0.1) is 5.56 Å². The zero-order valence-electron chi connectivity index (χ0n) is 10.1. The third-order valence-electron chi connectivity index (χ3n) is 2.55. The average molecular weight is 256 g/mol. The number of para-hydroxylation sites is 1. The molecule has 96 valence electrons. The van der Waals surface area contributed by atoms with Gasteiger partial charge in [0.15, 0.2) is 0 Å². The van der Waals surface area contributed by atoms with Gasteiger partial charge in [-0.05, 0) is 17.7 Å². The van der Waals surface area contributed by atoms with E-state index in [-0.39, 0.29) is 17.9 Å². The first-order chi connectivity index (χ1) is 9.18. The van der Waals surface area contributed by atoms with Crippen molar-refractivity contribution in [1.82, 2.24) is 0 Å². The molecule has 0 amide bonds. The highest BCUT2D eigenvalue weighted by Crippen LogP contribution is 2.16. The third-order valence-corrected chi connectivity index (χ3v) is 2.55. The number of ketones is 1. The van der Waals surface area contributed by atoms with E-state index < -0.39 is 11.8 Å². The molecule has 0 aliphatic carbocycles. The molecule has 0 saturated heterocycles. The number of carbonyl (C=O) groups is 2. The van der Waals surface area contributed by atoms with Crippen LogP contribution < -0.4 is 0 Å². The topological polar surface area (TPSA) is 63.6 Å². The molecule has 4 nitrogen and oxygen atoms in total. The van der Waals surface area contributed by atoms with Gasteiger partial charge < -0.3 is 9.84 Å². The van der Waals surface area contributed by atoms with E-state index in [2.05, 4.69) is 0 Å². The van der Waals surface area contributed by atoms with E-state index in [4.69, 9.17) is 4.74 Å². The van der Waals surface area contributed by atoms with Gasteiger partial charge in [0.2, 0.25) is 0 Å². The molecule has 0 unspecified atom stereocenters.